The highest BCUT2D eigenvalue weighted by atomic mass is 15.0. The molecule has 1 nitrogen and oxygen atoms in total. The number of fused-ring (bicyclic) bond motifs is 8. The van der Waals surface area contributed by atoms with E-state index in [1.54, 1.807) is 0 Å². The molecular formula is C40H31N. The van der Waals surface area contributed by atoms with Crippen LogP contribution in [-0.4, -0.2) is 4.57 Å². The summed E-state index contributed by atoms with van der Waals surface area (Å²) in [7, 11) is 0. The first kappa shape index (κ1) is 23.1. The van der Waals surface area contributed by atoms with Crippen LogP contribution in [0.1, 0.15) is 38.3 Å². The molecule has 9 rings (SSSR count). The van der Waals surface area contributed by atoms with E-state index in [-0.39, 0.29) is 5.41 Å². The van der Waals surface area contributed by atoms with Crippen molar-refractivity contribution in [2.75, 3.05) is 0 Å². The van der Waals surface area contributed by atoms with Crippen LogP contribution in [0.5, 0.6) is 0 Å². The molecule has 0 saturated heterocycles. The van der Waals surface area contributed by atoms with Crippen LogP contribution in [0.3, 0.4) is 0 Å². The van der Waals surface area contributed by atoms with Crippen LogP contribution in [0.2, 0.25) is 0 Å². The molecule has 0 aliphatic heterocycles. The van der Waals surface area contributed by atoms with Gasteiger partial charge in [-0.15, -0.1) is 0 Å². The number of aromatic nitrogens is 1. The van der Waals surface area contributed by atoms with Gasteiger partial charge in [0.05, 0.1) is 11.0 Å². The molecule has 0 radical (unpaired) electrons. The number of hydrogen-bond donors (Lipinski definition) is 0. The fourth-order valence-electron chi connectivity index (χ4n) is 7.95. The van der Waals surface area contributed by atoms with E-state index >= 15 is 0 Å². The van der Waals surface area contributed by atoms with Crippen molar-refractivity contribution >= 4 is 59.7 Å². The molecular weight excluding hydrogens is 494 g/mol. The Kier molecular flexibility index (Phi) is 4.50. The Morgan fingerprint density at radius 3 is 2.34 bits per heavy atom. The molecule has 0 spiro atoms. The minimum atomic E-state index is -0.0347. The van der Waals surface area contributed by atoms with E-state index in [4.69, 9.17) is 0 Å². The molecule has 0 N–H and O–H groups in total. The number of para-hydroxylation sites is 1. The average molecular weight is 526 g/mol. The summed E-state index contributed by atoms with van der Waals surface area (Å²) < 4.78 is 2.55. The zero-order valence-electron chi connectivity index (χ0n) is 23.7. The van der Waals surface area contributed by atoms with Crippen LogP contribution < -0.4 is 0 Å². The van der Waals surface area contributed by atoms with Gasteiger partial charge in [-0.25, -0.2) is 0 Å². The lowest BCUT2D eigenvalue weighted by molar-refractivity contribution is 0.623. The first-order chi connectivity index (χ1) is 20.0. The Morgan fingerprint density at radius 2 is 1.44 bits per heavy atom. The fraction of sp³-hybridized carbons (Fsp3) is 0.150. The highest BCUT2D eigenvalue weighted by molar-refractivity contribution is 6.21. The molecule has 1 atom stereocenters. The molecule has 1 heterocycles. The molecule has 0 amide bonds. The van der Waals surface area contributed by atoms with E-state index in [0.717, 1.165) is 6.42 Å². The minimum Gasteiger partial charge on any atom is -0.309 e. The van der Waals surface area contributed by atoms with Crippen molar-refractivity contribution in [2.24, 2.45) is 5.92 Å². The Balaban J connectivity index is 1.47. The van der Waals surface area contributed by atoms with Crippen LogP contribution in [0.4, 0.5) is 0 Å². The largest absolute Gasteiger partial charge is 0.309 e. The first-order valence-electron chi connectivity index (χ1n) is 14.8. The Bertz CT molecular complexity index is 2320. The van der Waals surface area contributed by atoms with E-state index in [2.05, 4.69) is 141 Å². The van der Waals surface area contributed by atoms with E-state index in [0.29, 0.717) is 5.92 Å². The molecule has 41 heavy (non-hydrogen) atoms. The van der Waals surface area contributed by atoms with E-state index in [1.165, 1.54) is 82.1 Å². The van der Waals surface area contributed by atoms with E-state index in [1.807, 2.05) is 0 Å². The van der Waals surface area contributed by atoms with Gasteiger partial charge >= 0.3 is 0 Å². The second kappa shape index (κ2) is 7.98. The SMILES string of the molecule is CC1C=CC2=C(C1)c1c3c(cccc3cc3c4ccccc4n(-c4ccc5c(ccc6ccccc65)c4)c13)C2(C)C. The minimum absolute atomic E-state index is 0.0347. The standard InChI is InChI=1S/C40H31N/c1-24-15-20-34-33(21-24)38-37-27(10-8-13-35(37)40(34,2)3)23-32-31-12-6-7-14-36(31)41(39(32)38)28-18-19-30-26(22-28)17-16-25-9-4-5-11-29(25)30/h4-20,22-24H,21H2,1-3H3. The van der Waals surface area contributed by atoms with Crippen molar-refractivity contribution in [1.29, 1.82) is 0 Å². The molecule has 0 saturated carbocycles. The lowest BCUT2D eigenvalue weighted by Crippen LogP contribution is -2.26. The van der Waals surface area contributed by atoms with Crippen LogP contribution in [0, 0.1) is 5.92 Å². The molecule has 7 aromatic rings. The predicted molar refractivity (Wildman–Crippen MR) is 176 cm³/mol. The third-order valence-electron chi connectivity index (χ3n) is 9.88. The molecule has 1 unspecified atom stereocenters. The maximum atomic E-state index is 2.55. The summed E-state index contributed by atoms with van der Waals surface area (Å²) in [5.74, 6) is 0.520. The molecule has 0 bridgehead atoms. The van der Waals surface area contributed by atoms with Gasteiger partial charge in [0.15, 0.2) is 0 Å². The molecule has 2 aliphatic carbocycles. The van der Waals surface area contributed by atoms with Gasteiger partial charge in [0.25, 0.3) is 0 Å². The van der Waals surface area contributed by atoms with E-state index < -0.39 is 0 Å². The van der Waals surface area contributed by atoms with Crippen molar-refractivity contribution in [1.82, 2.24) is 4.57 Å². The second-order valence-electron chi connectivity index (χ2n) is 12.7. The van der Waals surface area contributed by atoms with Gasteiger partial charge in [-0.05, 0) is 85.6 Å². The molecule has 6 aromatic carbocycles. The van der Waals surface area contributed by atoms with Gasteiger partial charge in [0.2, 0.25) is 0 Å². The topological polar surface area (TPSA) is 4.93 Å². The van der Waals surface area contributed by atoms with Gasteiger partial charge in [0, 0.05) is 27.4 Å². The highest BCUT2D eigenvalue weighted by Gasteiger charge is 2.37. The van der Waals surface area contributed by atoms with Crippen molar-refractivity contribution in [2.45, 2.75) is 32.6 Å². The molecule has 2 aliphatic rings. The van der Waals surface area contributed by atoms with Crippen molar-refractivity contribution in [3.63, 3.8) is 0 Å². The van der Waals surface area contributed by atoms with Crippen LogP contribution in [-0.2, 0) is 5.41 Å². The summed E-state index contributed by atoms with van der Waals surface area (Å²) in [6, 6.07) is 38.6. The Morgan fingerprint density at radius 1 is 0.683 bits per heavy atom. The smallest absolute Gasteiger partial charge is 0.0622 e. The monoisotopic (exact) mass is 525 g/mol. The van der Waals surface area contributed by atoms with Gasteiger partial charge in [0.1, 0.15) is 0 Å². The van der Waals surface area contributed by atoms with Crippen LogP contribution >= 0.6 is 0 Å². The fourth-order valence-corrected chi connectivity index (χ4v) is 7.95. The third kappa shape index (κ3) is 3.01. The average Bonchev–Trinajstić information content (AvgIpc) is 3.32. The maximum Gasteiger partial charge on any atom is 0.0622 e. The van der Waals surface area contributed by atoms with Crippen molar-refractivity contribution < 1.29 is 0 Å². The number of benzene rings is 6. The second-order valence-corrected chi connectivity index (χ2v) is 12.7. The first-order valence-corrected chi connectivity index (χ1v) is 14.8. The lowest BCUT2D eigenvalue weighted by atomic mass is 9.65. The maximum absolute atomic E-state index is 2.55. The zero-order valence-corrected chi connectivity index (χ0v) is 23.7. The molecule has 1 aromatic heterocycles. The van der Waals surface area contributed by atoms with E-state index in [9.17, 15) is 0 Å². The number of nitrogens with zero attached hydrogens (tertiary/aromatic N) is 1. The summed E-state index contributed by atoms with van der Waals surface area (Å²) in [5, 5.41) is 10.6. The summed E-state index contributed by atoms with van der Waals surface area (Å²) in [6.45, 7) is 7.18. The van der Waals surface area contributed by atoms with Gasteiger partial charge in [-0.3, -0.25) is 0 Å². The summed E-state index contributed by atoms with van der Waals surface area (Å²) in [4.78, 5) is 0. The normalized spacial score (nSPS) is 17.8. The predicted octanol–water partition coefficient (Wildman–Crippen LogP) is 10.9. The molecule has 1 heteroatoms. The Labute approximate surface area is 240 Å². The lowest BCUT2D eigenvalue weighted by Gasteiger charge is -2.39. The number of allylic oxidation sites excluding steroid dienone is 4. The summed E-state index contributed by atoms with van der Waals surface area (Å²) >= 11 is 0. The van der Waals surface area contributed by atoms with Gasteiger partial charge in [-0.1, -0.05) is 112 Å². The quantitative estimate of drug-likeness (QED) is 0.188. The summed E-state index contributed by atoms with van der Waals surface area (Å²) in [5.41, 5.74) is 9.67. The highest BCUT2D eigenvalue weighted by Crippen LogP contribution is 2.53. The van der Waals surface area contributed by atoms with Gasteiger partial charge < -0.3 is 4.57 Å². The van der Waals surface area contributed by atoms with Crippen molar-refractivity contribution in [3.8, 4) is 5.69 Å². The summed E-state index contributed by atoms with van der Waals surface area (Å²) in [6.07, 6.45) is 5.91. The van der Waals surface area contributed by atoms with Gasteiger partial charge in [-0.2, -0.15) is 0 Å². The Hall–Kier alpha value is -4.62. The molecule has 0 fully saturated rings. The van der Waals surface area contributed by atoms with Crippen LogP contribution in [0.15, 0.2) is 121 Å². The van der Waals surface area contributed by atoms with Crippen LogP contribution in [0.25, 0.3) is 65.4 Å². The number of hydrogen-bond acceptors (Lipinski definition) is 0. The number of rotatable bonds is 1. The third-order valence-corrected chi connectivity index (χ3v) is 9.88. The van der Waals surface area contributed by atoms with Crippen molar-refractivity contribution in [3.05, 3.63) is 132 Å². The zero-order chi connectivity index (χ0) is 27.5. The molecule has 196 valence electrons.